The highest BCUT2D eigenvalue weighted by Crippen LogP contribution is 2.29. The first-order valence-electron chi connectivity index (χ1n) is 9.74. The van der Waals surface area contributed by atoms with Crippen molar-refractivity contribution in [1.82, 2.24) is 9.88 Å². The van der Waals surface area contributed by atoms with Crippen LogP contribution < -0.4 is 4.90 Å². The lowest BCUT2D eigenvalue weighted by molar-refractivity contribution is 0.309. The van der Waals surface area contributed by atoms with E-state index < -0.39 is 0 Å². The highest BCUT2D eigenvalue weighted by molar-refractivity contribution is 6.31. The summed E-state index contributed by atoms with van der Waals surface area (Å²) in [6.07, 6.45) is 5.56. The maximum absolute atomic E-state index is 6.17. The normalized spacial score (nSPS) is 15.9. The summed E-state index contributed by atoms with van der Waals surface area (Å²) in [4.78, 5) is 9.55. The zero-order valence-electron chi connectivity index (χ0n) is 15.8. The number of aromatic nitrogens is 1. The van der Waals surface area contributed by atoms with E-state index in [1.165, 1.54) is 37.2 Å². The molecule has 0 spiro atoms. The van der Waals surface area contributed by atoms with E-state index in [2.05, 4.69) is 64.3 Å². The van der Waals surface area contributed by atoms with E-state index >= 15 is 0 Å². The smallest absolute Gasteiger partial charge is 0.0737 e. The van der Waals surface area contributed by atoms with E-state index in [4.69, 9.17) is 11.6 Å². The Balaban J connectivity index is 1.66. The van der Waals surface area contributed by atoms with Gasteiger partial charge in [-0.2, -0.15) is 0 Å². The number of nitrogens with zero attached hydrogens (tertiary/aromatic N) is 3. The van der Waals surface area contributed by atoms with Gasteiger partial charge < -0.3 is 9.80 Å². The molecule has 2 heterocycles. The Morgan fingerprint density at radius 2 is 1.85 bits per heavy atom. The summed E-state index contributed by atoms with van der Waals surface area (Å²) >= 11 is 6.17. The molecule has 2 aromatic carbocycles. The Kier molecular flexibility index (Phi) is 5.61. The number of hydrogen-bond acceptors (Lipinski definition) is 3. The fourth-order valence-corrected chi connectivity index (χ4v) is 4.25. The minimum atomic E-state index is 0.409. The maximum atomic E-state index is 6.17. The lowest BCUT2D eigenvalue weighted by Crippen LogP contribution is -2.43. The third kappa shape index (κ3) is 4.26. The predicted molar refractivity (Wildman–Crippen MR) is 115 cm³/mol. The number of benzene rings is 2. The van der Waals surface area contributed by atoms with Gasteiger partial charge in [-0.3, -0.25) is 4.98 Å². The third-order valence-electron chi connectivity index (χ3n) is 5.59. The van der Waals surface area contributed by atoms with Crippen LogP contribution in [0, 0.1) is 0 Å². The summed E-state index contributed by atoms with van der Waals surface area (Å²) < 4.78 is 0. The molecular weight excluding hydrogens is 354 g/mol. The molecule has 0 radical (unpaired) electrons. The first kappa shape index (κ1) is 18.3. The van der Waals surface area contributed by atoms with Gasteiger partial charge in [0.15, 0.2) is 0 Å². The minimum absolute atomic E-state index is 0.409. The number of likely N-dealkylation sites (tertiary alicyclic amines) is 1. The van der Waals surface area contributed by atoms with Crippen LogP contribution in [0.5, 0.6) is 0 Å². The standard InChI is InChI=1S/C23H26ClN3/c1-26(23-11-12-25-22-16-19(24)9-10-21(22)23)20(17-27-13-5-6-14-27)15-18-7-3-2-4-8-18/h2-4,7-12,16,20H,5-6,13-15,17H2,1H3. The highest BCUT2D eigenvalue weighted by Gasteiger charge is 2.23. The second-order valence-corrected chi connectivity index (χ2v) is 7.89. The number of likely N-dealkylation sites (N-methyl/N-ethyl adjacent to an activating group) is 1. The quantitative estimate of drug-likeness (QED) is 0.598. The van der Waals surface area contributed by atoms with Crippen LogP contribution in [0.1, 0.15) is 18.4 Å². The summed E-state index contributed by atoms with van der Waals surface area (Å²) in [6, 6.07) is 19.3. The summed E-state index contributed by atoms with van der Waals surface area (Å²) in [5, 5.41) is 1.89. The van der Waals surface area contributed by atoms with Gasteiger partial charge in [0.2, 0.25) is 0 Å². The van der Waals surface area contributed by atoms with Gasteiger partial charge in [0, 0.05) is 41.9 Å². The molecule has 1 unspecified atom stereocenters. The van der Waals surface area contributed by atoms with E-state index in [0.717, 1.165) is 28.9 Å². The lowest BCUT2D eigenvalue weighted by atomic mass is 10.0. The van der Waals surface area contributed by atoms with Gasteiger partial charge in [-0.15, -0.1) is 0 Å². The number of hydrogen-bond donors (Lipinski definition) is 0. The van der Waals surface area contributed by atoms with E-state index in [-0.39, 0.29) is 0 Å². The third-order valence-corrected chi connectivity index (χ3v) is 5.83. The zero-order valence-corrected chi connectivity index (χ0v) is 16.6. The first-order chi connectivity index (χ1) is 13.2. The van der Waals surface area contributed by atoms with Crippen LogP contribution in [-0.2, 0) is 6.42 Å². The van der Waals surface area contributed by atoms with Gasteiger partial charge in [-0.25, -0.2) is 0 Å². The van der Waals surface area contributed by atoms with Gasteiger partial charge in [0.1, 0.15) is 0 Å². The molecule has 3 aromatic rings. The van der Waals surface area contributed by atoms with Gasteiger partial charge in [0.05, 0.1) is 5.52 Å². The molecule has 0 saturated carbocycles. The van der Waals surface area contributed by atoms with E-state index in [9.17, 15) is 0 Å². The van der Waals surface area contributed by atoms with Crippen molar-refractivity contribution in [3.8, 4) is 0 Å². The van der Waals surface area contributed by atoms with Crippen LogP contribution in [-0.4, -0.2) is 42.6 Å². The van der Waals surface area contributed by atoms with Gasteiger partial charge >= 0.3 is 0 Å². The van der Waals surface area contributed by atoms with Crippen molar-refractivity contribution in [3.63, 3.8) is 0 Å². The van der Waals surface area contributed by atoms with Gasteiger partial charge in [0.25, 0.3) is 0 Å². The second kappa shape index (κ2) is 8.28. The molecule has 1 atom stereocenters. The van der Waals surface area contributed by atoms with Crippen molar-refractivity contribution in [2.75, 3.05) is 31.6 Å². The predicted octanol–water partition coefficient (Wildman–Crippen LogP) is 5.03. The Morgan fingerprint density at radius 1 is 1.07 bits per heavy atom. The molecule has 1 fully saturated rings. The molecule has 0 aliphatic carbocycles. The summed E-state index contributed by atoms with van der Waals surface area (Å²) in [6.45, 7) is 3.51. The average Bonchev–Trinajstić information content (AvgIpc) is 3.20. The second-order valence-electron chi connectivity index (χ2n) is 7.45. The number of fused-ring (bicyclic) bond motifs is 1. The molecule has 140 valence electrons. The van der Waals surface area contributed by atoms with E-state index in [1.54, 1.807) is 0 Å². The largest absolute Gasteiger partial charge is 0.369 e. The number of anilines is 1. The van der Waals surface area contributed by atoms with Crippen LogP contribution in [0.2, 0.25) is 5.02 Å². The Hall–Kier alpha value is -2.10. The molecule has 0 N–H and O–H groups in total. The molecule has 1 aliphatic rings. The number of rotatable bonds is 6. The highest BCUT2D eigenvalue weighted by atomic mass is 35.5. The maximum Gasteiger partial charge on any atom is 0.0737 e. The van der Waals surface area contributed by atoms with Gasteiger partial charge in [-0.1, -0.05) is 41.9 Å². The van der Waals surface area contributed by atoms with Crippen molar-refractivity contribution < 1.29 is 0 Å². The van der Waals surface area contributed by atoms with Crippen LogP contribution in [0.15, 0.2) is 60.8 Å². The summed E-state index contributed by atoms with van der Waals surface area (Å²) in [5.74, 6) is 0. The molecule has 1 aromatic heterocycles. The molecule has 1 aliphatic heterocycles. The van der Waals surface area contributed by atoms with Gasteiger partial charge in [-0.05, 0) is 62.2 Å². The van der Waals surface area contributed by atoms with Crippen molar-refractivity contribution in [2.45, 2.75) is 25.3 Å². The summed E-state index contributed by atoms with van der Waals surface area (Å²) in [5.41, 5.74) is 3.55. The number of halogens is 1. The molecule has 4 rings (SSSR count). The average molecular weight is 380 g/mol. The molecule has 4 heteroatoms. The fourth-order valence-electron chi connectivity index (χ4n) is 4.08. The molecule has 0 bridgehead atoms. The topological polar surface area (TPSA) is 19.4 Å². The monoisotopic (exact) mass is 379 g/mol. The van der Waals surface area contributed by atoms with Crippen molar-refractivity contribution in [2.24, 2.45) is 0 Å². The first-order valence-corrected chi connectivity index (χ1v) is 10.1. The minimum Gasteiger partial charge on any atom is -0.369 e. The van der Waals surface area contributed by atoms with Crippen LogP contribution in [0.25, 0.3) is 10.9 Å². The van der Waals surface area contributed by atoms with E-state index in [1.807, 2.05) is 18.3 Å². The molecular formula is C23H26ClN3. The van der Waals surface area contributed by atoms with Crippen LogP contribution in [0.4, 0.5) is 5.69 Å². The Bertz CT molecular complexity index is 891. The Labute approximate surface area is 166 Å². The van der Waals surface area contributed by atoms with E-state index in [0.29, 0.717) is 6.04 Å². The van der Waals surface area contributed by atoms with Crippen molar-refractivity contribution >= 4 is 28.2 Å². The fraction of sp³-hybridized carbons (Fsp3) is 0.348. The molecule has 3 nitrogen and oxygen atoms in total. The van der Waals surface area contributed by atoms with Crippen LogP contribution >= 0.6 is 11.6 Å². The number of pyridine rings is 1. The lowest BCUT2D eigenvalue weighted by Gasteiger charge is -2.34. The Morgan fingerprint density at radius 3 is 2.63 bits per heavy atom. The zero-order chi connectivity index (χ0) is 18.6. The van der Waals surface area contributed by atoms with Crippen molar-refractivity contribution in [1.29, 1.82) is 0 Å². The van der Waals surface area contributed by atoms with Crippen LogP contribution in [0.3, 0.4) is 0 Å². The molecule has 1 saturated heterocycles. The SMILES string of the molecule is CN(c1ccnc2cc(Cl)ccc12)C(Cc1ccccc1)CN1CCCC1. The summed E-state index contributed by atoms with van der Waals surface area (Å²) in [7, 11) is 2.22. The molecule has 27 heavy (non-hydrogen) atoms. The molecule has 0 amide bonds. The van der Waals surface area contributed by atoms with Crippen molar-refractivity contribution in [3.05, 3.63) is 71.4 Å².